The molecule has 0 saturated heterocycles. The fourth-order valence-electron chi connectivity index (χ4n) is 1.65. The minimum absolute atomic E-state index is 0.210. The van der Waals surface area contributed by atoms with Crippen molar-refractivity contribution in [2.45, 2.75) is 13.3 Å². The van der Waals surface area contributed by atoms with Gasteiger partial charge in [0.2, 0.25) is 10.0 Å². The molecule has 1 aromatic rings. The van der Waals surface area contributed by atoms with Crippen molar-refractivity contribution in [1.82, 2.24) is 0 Å². The summed E-state index contributed by atoms with van der Waals surface area (Å²) < 4.78 is 47.8. The Kier molecular flexibility index (Phi) is 4.81. The summed E-state index contributed by atoms with van der Waals surface area (Å²) in [5.74, 6) is 0. The van der Waals surface area contributed by atoms with Crippen molar-refractivity contribution in [1.29, 1.82) is 0 Å². The number of hydrogen-bond acceptors (Lipinski definition) is 5. The second kappa shape index (κ2) is 5.79. The topological polar surface area (TPSA) is 97.5 Å². The van der Waals surface area contributed by atoms with Crippen molar-refractivity contribution in [2.24, 2.45) is 0 Å². The number of anilines is 2. The van der Waals surface area contributed by atoms with Gasteiger partial charge >= 0.3 is 0 Å². The van der Waals surface area contributed by atoms with Gasteiger partial charge in [0.05, 0.1) is 5.69 Å². The van der Waals surface area contributed by atoms with Crippen molar-refractivity contribution < 1.29 is 16.8 Å². The van der Waals surface area contributed by atoms with E-state index in [9.17, 15) is 16.8 Å². The summed E-state index contributed by atoms with van der Waals surface area (Å²) in [6, 6.07) is 6.36. The van der Waals surface area contributed by atoms with Gasteiger partial charge in [-0.1, -0.05) is 13.0 Å². The molecule has 0 heterocycles. The van der Waals surface area contributed by atoms with Gasteiger partial charge in [0.15, 0.2) is 14.9 Å². The molecule has 6 nitrogen and oxygen atoms in total. The summed E-state index contributed by atoms with van der Waals surface area (Å²) in [4.78, 5) is 0. The molecular formula is C11H18N2O4S2. The number of rotatable bonds is 6. The Balaban J connectivity index is 3.21. The first-order valence-electron chi connectivity index (χ1n) is 5.69. The largest absolute Gasteiger partial charge is 0.399 e. The summed E-state index contributed by atoms with van der Waals surface area (Å²) in [7, 11) is -7.55. The minimum Gasteiger partial charge on any atom is -0.399 e. The Bertz CT molecular complexity index is 638. The predicted octanol–water partition coefficient (Wildman–Crippen LogP) is 0.817. The molecule has 0 aliphatic carbocycles. The van der Waals surface area contributed by atoms with Crippen LogP contribution in [0.1, 0.15) is 13.3 Å². The number of benzene rings is 1. The molecule has 0 atom stereocenters. The van der Waals surface area contributed by atoms with Gasteiger partial charge in [-0.25, -0.2) is 16.8 Å². The average Bonchev–Trinajstić information content (AvgIpc) is 2.22. The van der Waals surface area contributed by atoms with Crippen LogP contribution in [0.15, 0.2) is 24.3 Å². The van der Waals surface area contributed by atoms with Crippen LogP contribution in [-0.4, -0.2) is 34.7 Å². The molecule has 0 aromatic heterocycles. The quantitative estimate of drug-likeness (QED) is 0.785. The third-order valence-electron chi connectivity index (χ3n) is 2.28. The number of nitrogens with two attached hydrogens (primary N) is 1. The number of sulfonamides is 1. The third-order valence-corrected chi connectivity index (χ3v) is 6.25. The van der Waals surface area contributed by atoms with E-state index in [0.717, 1.165) is 10.6 Å². The molecule has 0 radical (unpaired) electrons. The van der Waals surface area contributed by atoms with Crippen LogP contribution in [0.2, 0.25) is 0 Å². The SMILES string of the molecule is CCCN(c1cccc(N)c1)S(=O)(=O)CS(C)(=O)=O. The standard InChI is InChI=1S/C11H18N2O4S2/c1-3-7-13(11-6-4-5-10(12)8-11)19(16,17)9-18(2,14)15/h4-6,8H,3,7,9,12H2,1-2H3. The normalized spacial score (nSPS) is 12.3. The number of hydrogen-bond donors (Lipinski definition) is 1. The summed E-state index contributed by atoms with van der Waals surface area (Å²) in [6.07, 6.45) is 1.46. The van der Waals surface area contributed by atoms with Crippen molar-refractivity contribution in [3.8, 4) is 0 Å². The molecule has 0 unspecified atom stereocenters. The van der Waals surface area contributed by atoms with E-state index in [1.807, 2.05) is 6.92 Å². The molecule has 108 valence electrons. The van der Waals surface area contributed by atoms with E-state index in [0.29, 0.717) is 17.8 Å². The lowest BCUT2D eigenvalue weighted by Gasteiger charge is -2.23. The van der Waals surface area contributed by atoms with Crippen LogP contribution in [0.4, 0.5) is 11.4 Å². The Labute approximate surface area is 114 Å². The van der Waals surface area contributed by atoms with Gasteiger partial charge < -0.3 is 5.73 Å². The smallest absolute Gasteiger partial charge is 0.249 e. The lowest BCUT2D eigenvalue weighted by atomic mass is 10.3. The molecule has 0 fully saturated rings. The van der Waals surface area contributed by atoms with Gasteiger partial charge in [-0.2, -0.15) is 0 Å². The second-order valence-electron chi connectivity index (χ2n) is 4.32. The minimum atomic E-state index is -3.92. The maximum atomic E-state index is 12.2. The second-order valence-corrected chi connectivity index (χ2v) is 8.72. The molecule has 0 amide bonds. The Morgan fingerprint density at radius 1 is 1.21 bits per heavy atom. The molecule has 19 heavy (non-hydrogen) atoms. The first kappa shape index (κ1) is 15.8. The maximum absolute atomic E-state index is 12.2. The molecule has 1 aromatic carbocycles. The highest BCUT2D eigenvalue weighted by molar-refractivity contribution is 8.08. The van der Waals surface area contributed by atoms with Gasteiger partial charge in [-0.3, -0.25) is 4.31 Å². The van der Waals surface area contributed by atoms with E-state index in [-0.39, 0.29) is 6.54 Å². The summed E-state index contributed by atoms with van der Waals surface area (Å²) >= 11 is 0. The molecule has 0 aliphatic heterocycles. The van der Waals surface area contributed by atoms with E-state index in [4.69, 9.17) is 5.73 Å². The van der Waals surface area contributed by atoms with Crippen LogP contribution < -0.4 is 10.0 Å². The lowest BCUT2D eigenvalue weighted by Crippen LogP contribution is -2.36. The molecule has 0 saturated carbocycles. The summed E-state index contributed by atoms with van der Waals surface area (Å²) in [6.45, 7) is 2.02. The Morgan fingerprint density at radius 3 is 2.32 bits per heavy atom. The van der Waals surface area contributed by atoms with Gasteiger partial charge in [0.1, 0.15) is 0 Å². The van der Waals surface area contributed by atoms with Crippen molar-refractivity contribution >= 4 is 31.2 Å². The molecule has 2 N–H and O–H groups in total. The first-order chi connectivity index (χ1) is 8.65. The highest BCUT2D eigenvalue weighted by Gasteiger charge is 2.26. The molecule has 0 spiro atoms. The zero-order valence-electron chi connectivity index (χ0n) is 10.9. The van der Waals surface area contributed by atoms with Gasteiger partial charge in [0, 0.05) is 18.5 Å². The highest BCUT2D eigenvalue weighted by atomic mass is 32.3. The summed E-state index contributed by atoms with van der Waals surface area (Å²) in [5.41, 5.74) is 6.43. The van der Waals surface area contributed by atoms with Crippen molar-refractivity contribution in [3.05, 3.63) is 24.3 Å². The van der Waals surface area contributed by atoms with Crippen LogP contribution in [0, 0.1) is 0 Å². The van der Waals surface area contributed by atoms with Crippen LogP contribution in [0.5, 0.6) is 0 Å². The molecule has 0 aliphatic rings. The maximum Gasteiger partial charge on any atom is 0.249 e. The Morgan fingerprint density at radius 2 is 1.84 bits per heavy atom. The van der Waals surface area contributed by atoms with Gasteiger partial charge in [-0.05, 0) is 24.6 Å². The van der Waals surface area contributed by atoms with E-state index >= 15 is 0 Å². The monoisotopic (exact) mass is 306 g/mol. The zero-order valence-corrected chi connectivity index (χ0v) is 12.5. The lowest BCUT2D eigenvalue weighted by molar-refractivity contribution is 0.587. The Hall–Kier alpha value is -1.28. The van der Waals surface area contributed by atoms with Crippen LogP contribution in [-0.2, 0) is 19.9 Å². The zero-order chi connectivity index (χ0) is 14.7. The summed E-state index contributed by atoms with van der Waals surface area (Å²) in [5, 5.41) is -0.908. The fraction of sp³-hybridized carbons (Fsp3) is 0.455. The van der Waals surface area contributed by atoms with Crippen LogP contribution in [0.25, 0.3) is 0 Å². The fourth-order valence-corrected chi connectivity index (χ4v) is 5.21. The van der Waals surface area contributed by atoms with Crippen LogP contribution in [0.3, 0.4) is 0 Å². The van der Waals surface area contributed by atoms with E-state index in [2.05, 4.69) is 0 Å². The molecule has 1 rings (SSSR count). The molecular weight excluding hydrogens is 288 g/mol. The van der Waals surface area contributed by atoms with E-state index in [1.165, 1.54) is 6.07 Å². The van der Waals surface area contributed by atoms with Crippen molar-refractivity contribution in [3.63, 3.8) is 0 Å². The number of sulfone groups is 1. The average molecular weight is 306 g/mol. The van der Waals surface area contributed by atoms with E-state index in [1.54, 1.807) is 18.2 Å². The highest BCUT2D eigenvalue weighted by Crippen LogP contribution is 2.22. The predicted molar refractivity (Wildman–Crippen MR) is 77.1 cm³/mol. The first-order valence-corrected chi connectivity index (χ1v) is 9.36. The number of nitrogen functional groups attached to an aromatic ring is 1. The van der Waals surface area contributed by atoms with Crippen LogP contribution >= 0.6 is 0 Å². The van der Waals surface area contributed by atoms with Gasteiger partial charge in [-0.15, -0.1) is 0 Å². The third kappa shape index (κ3) is 4.71. The molecule has 0 bridgehead atoms. The molecule has 8 heteroatoms. The number of nitrogens with zero attached hydrogens (tertiary/aromatic N) is 1. The van der Waals surface area contributed by atoms with Gasteiger partial charge in [0.25, 0.3) is 0 Å². The van der Waals surface area contributed by atoms with Crippen molar-refractivity contribution in [2.75, 3.05) is 27.9 Å². The van der Waals surface area contributed by atoms with E-state index < -0.39 is 24.9 Å².